The van der Waals surface area contributed by atoms with Crippen molar-refractivity contribution in [3.63, 3.8) is 0 Å². The van der Waals surface area contributed by atoms with E-state index in [1.165, 1.54) is 19.3 Å². The molecule has 3 unspecified atom stereocenters. The highest BCUT2D eigenvalue weighted by Gasteiger charge is 2.33. The third-order valence-electron chi connectivity index (χ3n) is 5.53. The second-order valence-electron chi connectivity index (χ2n) is 7.56. The van der Waals surface area contributed by atoms with Crippen LogP contribution >= 0.6 is 12.4 Å². The van der Waals surface area contributed by atoms with Gasteiger partial charge in [-0.1, -0.05) is 33.6 Å². The van der Waals surface area contributed by atoms with Gasteiger partial charge >= 0.3 is 0 Å². The Morgan fingerprint density at radius 3 is 2.52 bits per heavy atom. The average molecular weight is 317 g/mol. The average Bonchev–Trinajstić information content (AvgIpc) is 2.74. The van der Waals surface area contributed by atoms with E-state index in [1.807, 2.05) is 0 Å². The Bertz CT molecular complexity index is 335. The second-order valence-corrected chi connectivity index (χ2v) is 7.56. The smallest absolute Gasteiger partial charge is 0.220 e. The number of halogens is 1. The number of carbonyl (C=O) groups is 1. The van der Waals surface area contributed by atoms with E-state index in [0.29, 0.717) is 30.2 Å². The number of rotatable bonds is 4. The molecule has 2 rings (SSSR count). The highest BCUT2D eigenvalue weighted by Crippen LogP contribution is 2.34. The fourth-order valence-corrected chi connectivity index (χ4v) is 4.19. The zero-order chi connectivity index (χ0) is 14.7. The van der Waals surface area contributed by atoms with Crippen LogP contribution < -0.4 is 11.1 Å². The molecule has 1 amide bonds. The summed E-state index contributed by atoms with van der Waals surface area (Å²) < 4.78 is 0. The number of carbonyl (C=O) groups excluding carboxylic acids is 1. The van der Waals surface area contributed by atoms with Gasteiger partial charge in [0, 0.05) is 18.5 Å². The fraction of sp³-hybridized carbons (Fsp3) is 0.941. The van der Waals surface area contributed by atoms with Crippen molar-refractivity contribution in [2.45, 2.75) is 77.8 Å². The van der Waals surface area contributed by atoms with Crippen molar-refractivity contribution in [3.05, 3.63) is 0 Å². The summed E-state index contributed by atoms with van der Waals surface area (Å²) in [5.41, 5.74) is 6.08. The van der Waals surface area contributed by atoms with Crippen LogP contribution in [0.4, 0.5) is 0 Å². The van der Waals surface area contributed by atoms with Gasteiger partial charge in [-0.05, 0) is 49.4 Å². The molecule has 0 spiro atoms. The molecule has 124 valence electrons. The van der Waals surface area contributed by atoms with Gasteiger partial charge in [0.05, 0.1) is 0 Å². The van der Waals surface area contributed by atoms with Gasteiger partial charge < -0.3 is 11.1 Å². The van der Waals surface area contributed by atoms with E-state index >= 15 is 0 Å². The zero-order valence-corrected chi connectivity index (χ0v) is 14.6. The van der Waals surface area contributed by atoms with Gasteiger partial charge in [0.25, 0.3) is 0 Å². The van der Waals surface area contributed by atoms with Crippen LogP contribution in [0.3, 0.4) is 0 Å². The van der Waals surface area contributed by atoms with Crippen molar-refractivity contribution in [2.75, 3.05) is 0 Å². The van der Waals surface area contributed by atoms with Crippen LogP contribution in [0.25, 0.3) is 0 Å². The minimum atomic E-state index is 0. The molecule has 0 aromatic carbocycles. The topological polar surface area (TPSA) is 55.1 Å². The van der Waals surface area contributed by atoms with Gasteiger partial charge in [-0.3, -0.25) is 4.79 Å². The van der Waals surface area contributed by atoms with Crippen LogP contribution in [-0.4, -0.2) is 18.0 Å². The standard InChI is InChI=1S/C17H32N2O.ClH/c1-11(2)14-8-7-12(3)9-16(14)19-17(20)10-13-5-4-6-15(13)18;/h11-16H,4-10,18H2,1-3H3,(H,19,20);1H/t12?,13-,14?,15+,16?;/m0./s1. The van der Waals surface area contributed by atoms with Crippen LogP contribution in [0.2, 0.25) is 0 Å². The normalized spacial score (nSPS) is 36.3. The molecular formula is C17H33ClN2O. The van der Waals surface area contributed by atoms with Crippen molar-refractivity contribution < 1.29 is 4.79 Å². The molecule has 2 saturated carbocycles. The highest BCUT2D eigenvalue weighted by atomic mass is 35.5. The first kappa shape index (κ1) is 18.8. The Morgan fingerprint density at radius 2 is 1.95 bits per heavy atom. The van der Waals surface area contributed by atoms with E-state index in [0.717, 1.165) is 25.2 Å². The highest BCUT2D eigenvalue weighted by molar-refractivity contribution is 5.85. The lowest BCUT2D eigenvalue weighted by molar-refractivity contribution is -0.123. The minimum Gasteiger partial charge on any atom is -0.353 e. The zero-order valence-electron chi connectivity index (χ0n) is 13.8. The quantitative estimate of drug-likeness (QED) is 0.834. The van der Waals surface area contributed by atoms with Gasteiger partial charge in [-0.25, -0.2) is 0 Å². The van der Waals surface area contributed by atoms with Crippen molar-refractivity contribution >= 4 is 18.3 Å². The van der Waals surface area contributed by atoms with Crippen LogP contribution in [-0.2, 0) is 4.79 Å². The molecule has 0 aliphatic heterocycles. The molecule has 4 heteroatoms. The largest absolute Gasteiger partial charge is 0.353 e. The predicted octanol–water partition coefficient (Wildman–Crippen LogP) is 3.50. The van der Waals surface area contributed by atoms with Crippen LogP contribution in [0.1, 0.15) is 65.7 Å². The Kier molecular flexibility index (Phi) is 7.49. The first-order valence-electron chi connectivity index (χ1n) is 8.52. The molecule has 3 N–H and O–H groups in total. The van der Waals surface area contributed by atoms with Gasteiger partial charge in [0.2, 0.25) is 5.91 Å². The van der Waals surface area contributed by atoms with E-state index < -0.39 is 0 Å². The number of hydrogen-bond acceptors (Lipinski definition) is 2. The monoisotopic (exact) mass is 316 g/mol. The number of nitrogens with two attached hydrogens (primary N) is 1. The maximum atomic E-state index is 12.3. The van der Waals surface area contributed by atoms with Gasteiger partial charge in [-0.15, -0.1) is 12.4 Å². The Labute approximate surface area is 136 Å². The molecule has 5 atom stereocenters. The van der Waals surface area contributed by atoms with E-state index in [-0.39, 0.29) is 24.4 Å². The molecule has 21 heavy (non-hydrogen) atoms. The SMILES string of the molecule is CC1CCC(C(C)C)C(NC(=O)C[C@@H]2CCC[C@H]2N)C1.Cl. The van der Waals surface area contributed by atoms with Crippen LogP contribution in [0.5, 0.6) is 0 Å². The first-order chi connectivity index (χ1) is 9.47. The summed E-state index contributed by atoms with van der Waals surface area (Å²) in [4.78, 5) is 12.3. The first-order valence-corrected chi connectivity index (χ1v) is 8.52. The van der Waals surface area contributed by atoms with Crippen molar-refractivity contribution in [1.29, 1.82) is 0 Å². The molecule has 0 radical (unpaired) electrons. The lowest BCUT2D eigenvalue weighted by Gasteiger charge is -2.38. The molecule has 0 heterocycles. The van der Waals surface area contributed by atoms with Gasteiger partial charge in [-0.2, -0.15) is 0 Å². The van der Waals surface area contributed by atoms with E-state index in [9.17, 15) is 4.79 Å². The maximum Gasteiger partial charge on any atom is 0.220 e. The van der Waals surface area contributed by atoms with Crippen molar-refractivity contribution in [3.8, 4) is 0 Å². The van der Waals surface area contributed by atoms with E-state index in [4.69, 9.17) is 5.73 Å². The van der Waals surface area contributed by atoms with E-state index in [1.54, 1.807) is 0 Å². The minimum absolute atomic E-state index is 0. The molecule has 0 aromatic heterocycles. The molecule has 0 aromatic rings. The lowest BCUT2D eigenvalue weighted by Crippen LogP contribution is -2.46. The summed E-state index contributed by atoms with van der Waals surface area (Å²) in [5.74, 6) is 2.68. The number of nitrogens with one attached hydrogen (secondary N) is 1. The van der Waals surface area contributed by atoms with Crippen LogP contribution in [0.15, 0.2) is 0 Å². The molecule has 0 bridgehead atoms. The van der Waals surface area contributed by atoms with Crippen molar-refractivity contribution in [2.24, 2.45) is 29.4 Å². The third kappa shape index (κ3) is 5.14. The summed E-state index contributed by atoms with van der Waals surface area (Å²) in [6, 6.07) is 0.621. The summed E-state index contributed by atoms with van der Waals surface area (Å²) in [7, 11) is 0. The molecule has 0 saturated heterocycles. The maximum absolute atomic E-state index is 12.3. The second kappa shape index (κ2) is 8.38. The predicted molar refractivity (Wildman–Crippen MR) is 90.5 cm³/mol. The number of amides is 1. The van der Waals surface area contributed by atoms with Gasteiger partial charge in [0.1, 0.15) is 0 Å². The summed E-state index contributed by atoms with van der Waals surface area (Å²) in [6.45, 7) is 6.88. The molecule has 2 fully saturated rings. The molecular weight excluding hydrogens is 284 g/mol. The Morgan fingerprint density at radius 1 is 1.24 bits per heavy atom. The molecule has 2 aliphatic carbocycles. The van der Waals surface area contributed by atoms with Crippen molar-refractivity contribution in [1.82, 2.24) is 5.32 Å². The van der Waals surface area contributed by atoms with Crippen LogP contribution in [0, 0.1) is 23.7 Å². The van der Waals surface area contributed by atoms with Gasteiger partial charge in [0.15, 0.2) is 0 Å². The lowest BCUT2D eigenvalue weighted by atomic mass is 9.74. The summed E-state index contributed by atoms with van der Waals surface area (Å²) in [6.07, 6.45) is 7.75. The summed E-state index contributed by atoms with van der Waals surface area (Å²) >= 11 is 0. The third-order valence-corrected chi connectivity index (χ3v) is 5.53. The number of hydrogen-bond donors (Lipinski definition) is 2. The Hall–Kier alpha value is -0.280. The molecule has 2 aliphatic rings. The summed E-state index contributed by atoms with van der Waals surface area (Å²) in [5, 5.41) is 3.33. The van der Waals surface area contributed by atoms with E-state index in [2.05, 4.69) is 26.1 Å². The molecule has 3 nitrogen and oxygen atoms in total. The fourth-order valence-electron chi connectivity index (χ4n) is 4.19. The Balaban J connectivity index is 0.00000220.